The van der Waals surface area contributed by atoms with E-state index in [1.54, 1.807) is 0 Å². The third-order valence-electron chi connectivity index (χ3n) is 4.50. The summed E-state index contributed by atoms with van der Waals surface area (Å²) in [4.78, 5) is 0. The molecule has 0 atom stereocenters. The molecule has 1 aromatic rings. The summed E-state index contributed by atoms with van der Waals surface area (Å²) in [5, 5.41) is 0. The molecule has 0 N–H and O–H groups in total. The van der Waals surface area contributed by atoms with Gasteiger partial charge in [-0.2, -0.15) is 0 Å². The number of rotatable bonds is 10. The van der Waals surface area contributed by atoms with E-state index < -0.39 is 0 Å². The summed E-state index contributed by atoms with van der Waals surface area (Å²) in [6.07, 6.45) is 9.06. The molecular formula is C18H27BrO2. The van der Waals surface area contributed by atoms with Crippen LogP contribution in [0.1, 0.15) is 51.9 Å². The standard InChI is InChI=1S/C18H27BrO2/c1-2-18(14-20-15-18)12-6-4-3-5-7-13-21-17-10-8-16(19)9-11-17/h8-11H,2-7,12-15H2,1H3. The topological polar surface area (TPSA) is 18.5 Å². The molecular weight excluding hydrogens is 328 g/mol. The van der Waals surface area contributed by atoms with Crippen molar-refractivity contribution in [1.29, 1.82) is 0 Å². The molecule has 3 heteroatoms. The molecule has 1 heterocycles. The quantitative estimate of drug-likeness (QED) is 0.509. The van der Waals surface area contributed by atoms with E-state index in [1.165, 1.54) is 38.5 Å². The van der Waals surface area contributed by atoms with Crippen LogP contribution in [0.5, 0.6) is 5.75 Å². The van der Waals surface area contributed by atoms with Gasteiger partial charge in [-0.15, -0.1) is 0 Å². The van der Waals surface area contributed by atoms with Gasteiger partial charge in [0.1, 0.15) is 5.75 Å². The minimum Gasteiger partial charge on any atom is -0.494 e. The van der Waals surface area contributed by atoms with E-state index in [4.69, 9.17) is 9.47 Å². The Hall–Kier alpha value is -0.540. The average molecular weight is 355 g/mol. The summed E-state index contributed by atoms with van der Waals surface area (Å²) in [6, 6.07) is 8.05. The molecule has 0 unspecified atom stereocenters. The van der Waals surface area contributed by atoms with Gasteiger partial charge in [-0.1, -0.05) is 48.5 Å². The molecule has 21 heavy (non-hydrogen) atoms. The van der Waals surface area contributed by atoms with Crippen LogP contribution >= 0.6 is 15.9 Å². The van der Waals surface area contributed by atoms with Gasteiger partial charge < -0.3 is 9.47 Å². The average Bonchev–Trinajstić information content (AvgIpc) is 2.46. The predicted molar refractivity (Wildman–Crippen MR) is 90.9 cm³/mol. The van der Waals surface area contributed by atoms with Gasteiger partial charge in [0.15, 0.2) is 0 Å². The Morgan fingerprint density at radius 1 is 1.05 bits per heavy atom. The Balaban J connectivity index is 1.44. The normalized spacial score (nSPS) is 16.5. The second-order valence-electron chi connectivity index (χ2n) is 6.17. The van der Waals surface area contributed by atoms with Crippen molar-refractivity contribution in [3.8, 4) is 5.75 Å². The molecule has 0 aromatic heterocycles. The van der Waals surface area contributed by atoms with Crippen molar-refractivity contribution in [2.45, 2.75) is 51.9 Å². The van der Waals surface area contributed by atoms with E-state index in [0.717, 1.165) is 36.5 Å². The predicted octanol–water partition coefficient (Wildman–Crippen LogP) is 5.60. The third kappa shape index (κ3) is 5.63. The lowest BCUT2D eigenvalue weighted by atomic mass is 9.78. The van der Waals surface area contributed by atoms with Crippen LogP contribution in [0.15, 0.2) is 28.7 Å². The SMILES string of the molecule is CCC1(CCCCCCCOc2ccc(Br)cc2)COC1. The van der Waals surface area contributed by atoms with Crippen LogP contribution in [0, 0.1) is 5.41 Å². The summed E-state index contributed by atoms with van der Waals surface area (Å²) in [5.41, 5.74) is 0.532. The van der Waals surface area contributed by atoms with Gasteiger partial charge >= 0.3 is 0 Å². The highest BCUT2D eigenvalue weighted by Gasteiger charge is 2.35. The van der Waals surface area contributed by atoms with Crippen LogP contribution < -0.4 is 4.74 Å². The number of ether oxygens (including phenoxy) is 2. The Kier molecular flexibility index (Phi) is 7.05. The molecule has 1 aliphatic heterocycles. The summed E-state index contributed by atoms with van der Waals surface area (Å²) in [7, 11) is 0. The van der Waals surface area contributed by atoms with E-state index in [1.807, 2.05) is 24.3 Å². The molecule has 0 bridgehead atoms. The highest BCUT2D eigenvalue weighted by Crippen LogP contribution is 2.36. The Morgan fingerprint density at radius 2 is 1.71 bits per heavy atom. The molecule has 2 nitrogen and oxygen atoms in total. The lowest BCUT2D eigenvalue weighted by Crippen LogP contribution is -2.41. The van der Waals surface area contributed by atoms with Crippen molar-refractivity contribution in [2.24, 2.45) is 5.41 Å². The lowest BCUT2D eigenvalue weighted by molar-refractivity contribution is -0.120. The van der Waals surface area contributed by atoms with E-state index in [2.05, 4.69) is 22.9 Å². The van der Waals surface area contributed by atoms with Crippen molar-refractivity contribution >= 4 is 15.9 Å². The Labute approximate surface area is 137 Å². The highest BCUT2D eigenvalue weighted by molar-refractivity contribution is 9.10. The zero-order valence-electron chi connectivity index (χ0n) is 13.1. The van der Waals surface area contributed by atoms with E-state index in [0.29, 0.717) is 5.41 Å². The molecule has 0 aliphatic carbocycles. The Morgan fingerprint density at radius 3 is 2.33 bits per heavy atom. The molecule has 1 aliphatic rings. The lowest BCUT2D eigenvalue weighted by Gasteiger charge is -2.41. The molecule has 0 amide bonds. The maximum atomic E-state index is 5.73. The van der Waals surface area contributed by atoms with Crippen molar-refractivity contribution in [3.05, 3.63) is 28.7 Å². The first kappa shape index (κ1) is 16.8. The number of hydrogen-bond donors (Lipinski definition) is 0. The van der Waals surface area contributed by atoms with Gasteiger partial charge in [-0.25, -0.2) is 0 Å². The second kappa shape index (κ2) is 8.79. The number of unbranched alkanes of at least 4 members (excludes halogenated alkanes) is 4. The fourth-order valence-electron chi connectivity index (χ4n) is 2.77. The van der Waals surface area contributed by atoms with Crippen molar-refractivity contribution < 1.29 is 9.47 Å². The molecule has 2 rings (SSSR count). The molecule has 118 valence electrons. The van der Waals surface area contributed by atoms with E-state index in [9.17, 15) is 0 Å². The van der Waals surface area contributed by atoms with Crippen LogP contribution in [-0.2, 0) is 4.74 Å². The van der Waals surface area contributed by atoms with Crippen molar-refractivity contribution in [2.75, 3.05) is 19.8 Å². The molecule has 1 aromatic carbocycles. The fraction of sp³-hybridized carbons (Fsp3) is 0.667. The van der Waals surface area contributed by atoms with Crippen LogP contribution in [0.25, 0.3) is 0 Å². The van der Waals surface area contributed by atoms with Crippen LogP contribution in [0.2, 0.25) is 0 Å². The van der Waals surface area contributed by atoms with Crippen LogP contribution in [0.4, 0.5) is 0 Å². The highest BCUT2D eigenvalue weighted by atomic mass is 79.9. The first-order chi connectivity index (χ1) is 10.2. The fourth-order valence-corrected chi connectivity index (χ4v) is 3.03. The van der Waals surface area contributed by atoms with Gasteiger partial charge in [0, 0.05) is 9.89 Å². The van der Waals surface area contributed by atoms with Gasteiger partial charge in [0.05, 0.1) is 19.8 Å². The van der Waals surface area contributed by atoms with Gasteiger partial charge in [-0.3, -0.25) is 0 Å². The van der Waals surface area contributed by atoms with Gasteiger partial charge in [0.25, 0.3) is 0 Å². The Bertz CT molecular complexity index is 393. The number of halogens is 1. The van der Waals surface area contributed by atoms with E-state index in [-0.39, 0.29) is 0 Å². The molecule has 1 saturated heterocycles. The van der Waals surface area contributed by atoms with Gasteiger partial charge in [-0.05, 0) is 43.5 Å². The van der Waals surface area contributed by atoms with Crippen LogP contribution in [-0.4, -0.2) is 19.8 Å². The van der Waals surface area contributed by atoms with Crippen molar-refractivity contribution in [1.82, 2.24) is 0 Å². The molecule has 0 spiro atoms. The smallest absolute Gasteiger partial charge is 0.119 e. The zero-order valence-corrected chi connectivity index (χ0v) is 14.7. The third-order valence-corrected chi connectivity index (χ3v) is 5.03. The number of benzene rings is 1. The van der Waals surface area contributed by atoms with Gasteiger partial charge in [0.2, 0.25) is 0 Å². The summed E-state index contributed by atoms with van der Waals surface area (Å²) in [5.74, 6) is 0.966. The molecule has 0 radical (unpaired) electrons. The maximum Gasteiger partial charge on any atom is 0.119 e. The summed E-state index contributed by atoms with van der Waals surface area (Å²) in [6.45, 7) is 5.10. The molecule has 0 saturated carbocycles. The summed E-state index contributed by atoms with van der Waals surface area (Å²) >= 11 is 3.43. The largest absolute Gasteiger partial charge is 0.494 e. The molecule has 1 fully saturated rings. The van der Waals surface area contributed by atoms with E-state index >= 15 is 0 Å². The monoisotopic (exact) mass is 354 g/mol. The first-order valence-electron chi connectivity index (χ1n) is 8.20. The van der Waals surface area contributed by atoms with Crippen LogP contribution in [0.3, 0.4) is 0 Å². The first-order valence-corrected chi connectivity index (χ1v) is 8.99. The summed E-state index contributed by atoms with van der Waals surface area (Å²) < 4.78 is 12.2. The maximum absolute atomic E-state index is 5.73. The zero-order chi connectivity index (χ0) is 15.0. The van der Waals surface area contributed by atoms with Crippen molar-refractivity contribution in [3.63, 3.8) is 0 Å². The minimum absolute atomic E-state index is 0.532. The second-order valence-corrected chi connectivity index (χ2v) is 7.08. The number of hydrogen-bond acceptors (Lipinski definition) is 2. The minimum atomic E-state index is 0.532.